The van der Waals surface area contributed by atoms with Crippen molar-refractivity contribution in [2.24, 2.45) is 0 Å². The number of rotatable bonds is 5. The predicted molar refractivity (Wildman–Crippen MR) is 84.7 cm³/mol. The van der Waals surface area contributed by atoms with E-state index in [1.54, 1.807) is 22.2 Å². The number of halogens is 1. The van der Waals surface area contributed by atoms with Crippen molar-refractivity contribution in [3.05, 3.63) is 58.0 Å². The van der Waals surface area contributed by atoms with Gasteiger partial charge in [0.15, 0.2) is 0 Å². The summed E-state index contributed by atoms with van der Waals surface area (Å²) in [5.74, 6) is 0. The molecule has 0 amide bonds. The predicted octanol–water partition coefficient (Wildman–Crippen LogP) is 2.46. The summed E-state index contributed by atoms with van der Waals surface area (Å²) in [6.45, 7) is 0.0646. The molecule has 0 bridgehead atoms. The summed E-state index contributed by atoms with van der Waals surface area (Å²) < 4.78 is 28.4. The third-order valence-corrected chi connectivity index (χ3v) is 5.22. The Morgan fingerprint density at radius 3 is 2.68 bits per heavy atom. The highest BCUT2D eigenvalue weighted by atomic mass is 35.5. The van der Waals surface area contributed by atoms with Crippen molar-refractivity contribution >= 4 is 33.0 Å². The lowest BCUT2D eigenvalue weighted by Gasteiger charge is -2.04. The molecule has 3 aromatic rings. The number of hydrogen-bond acceptors (Lipinski definition) is 5. The van der Waals surface area contributed by atoms with E-state index >= 15 is 0 Å². The minimum absolute atomic E-state index is 0.0646. The van der Waals surface area contributed by atoms with Crippen molar-refractivity contribution in [2.45, 2.75) is 11.4 Å². The van der Waals surface area contributed by atoms with Crippen LogP contribution in [-0.2, 0) is 16.6 Å². The van der Waals surface area contributed by atoms with E-state index in [9.17, 15) is 8.42 Å². The SMILES string of the molecule is O=S(=O)(NCc1cn(-c2ccsc2)nn1)c1ccc(Cl)cc1. The van der Waals surface area contributed by atoms with E-state index in [-0.39, 0.29) is 11.4 Å². The molecule has 1 aromatic carbocycles. The number of benzene rings is 1. The van der Waals surface area contributed by atoms with Gasteiger partial charge in [-0.15, -0.1) is 5.10 Å². The quantitative estimate of drug-likeness (QED) is 0.763. The Morgan fingerprint density at radius 1 is 1.23 bits per heavy atom. The Bertz CT molecular complexity index is 858. The Labute approximate surface area is 136 Å². The van der Waals surface area contributed by atoms with Crippen molar-refractivity contribution in [3.63, 3.8) is 0 Å². The van der Waals surface area contributed by atoms with Crippen LogP contribution in [0.15, 0.2) is 52.2 Å². The molecule has 0 unspecified atom stereocenters. The molecule has 114 valence electrons. The first-order chi connectivity index (χ1) is 10.5. The lowest BCUT2D eigenvalue weighted by atomic mass is 10.4. The second-order valence-corrected chi connectivity index (χ2v) is 7.40. The fourth-order valence-electron chi connectivity index (χ4n) is 1.76. The first kappa shape index (κ1) is 15.2. The molecule has 0 aliphatic heterocycles. The lowest BCUT2D eigenvalue weighted by Crippen LogP contribution is -2.23. The summed E-state index contributed by atoms with van der Waals surface area (Å²) >= 11 is 7.30. The van der Waals surface area contributed by atoms with Crippen LogP contribution in [-0.4, -0.2) is 23.4 Å². The molecular formula is C13H11ClN4O2S2. The van der Waals surface area contributed by atoms with Crippen LogP contribution in [0.25, 0.3) is 5.69 Å². The molecule has 0 saturated heterocycles. The molecule has 0 radical (unpaired) electrons. The second kappa shape index (κ2) is 6.17. The molecule has 9 heteroatoms. The number of aromatic nitrogens is 3. The van der Waals surface area contributed by atoms with Crippen molar-refractivity contribution in [1.29, 1.82) is 0 Å². The smallest absolute Gasteiger partial charge is 0.220 e. The number of hydrogen-bond donors (Lipinski definition) is 1. The van der Waals surface area contributed by atoms with Crippen LogP contribution in [0.3, 0.4) is 0 Å². The normalized spacial score (nSPS) is 11.7. The lowest BCUT2D eigenvalue weighted by molar-refractivity contribution is 0.580. The van der Waals surface area contributed by atoms with E-state index in [2.05, 4.69) is 15.0 Å². The molecule has 0 spiro atoms. The van der Waals surface area contributed by atoms with Crippen LogP contribution < -0.4 is 4.72 Å². The minimum Gasteiger partial charge on any atom is -0.220 e. The van der Waals surface area contributed by atoms with Gasteiger partial charge in [0.2, 0.25) is 10.0 Å². The van der Waals surface area contributed by atoms with Crippen molar-refractivity contribution in [2.75, 3.05) is 0 Å². The van der Waals surface area contributed by atoms with Crippen LogP contribution >= 0.6 is 22.9 Å². The zero-order valence-electron chi connectivity index (χ0n) is 11.2. The molecule has 1 N–H and O–H groups in total. The summed E-state index contributed by atoms with van der Waals surface area (Å²) in [5.41, 5.74) is 1.42. The van der Waals surface area contributed by atoms with Crippen molar-refractivity contribution < 1.29 is 8.42 Å². The monoisotopic (exact) mass is 354 g/mol. The molecule has 0 saturated carbocycles. The number of thiophene rings is 1. The zero-order chi connectivity index (χ0) is 15.6. The van der Waals surface area contributed by atoms with Crippen molar-refractivity contribution in [1.82, 2.24) is 19.7 Å². The number of sulfonamides is 1. The summed E-state index contributed by atoms with van der Waals surface area (Å²) in [6, 6.07) is 7.87. The molecule has 2 aromatic heterocycles. The largest absolute Gasteiger partial charge is 0.240 e. The van der Waals surface area contributed by atoms with Gasteiger partial charge in [0.25, 0.3) is 0 Å². The number of nitrogens with one attached hydrogen (secondary N) is 1. The molecule has 0 atom stereocenters. The molecule has 2 heterocycles. The van der Waals surface area contributed by atoms with Gasteiger partial charge >= 0.3 is 0 Å². The topological polar surface area (TPSA) is 76.9 Å². The van der Waals surface area contributed by atoms with Crippen LogP contribution in [0.4, 0.5) is 0 Å². The van der Waals surface area contributed by atoms with E-state index < -0.39 is 10.0 Å². The maximum Gasteiger partial charge on any atom is 0.240 e. The van der Waals surface area contributed by atoms with Gasteiger partial charge in [0, 0.05) is 10.4 Å². The van der Waals surface area contributed by atoms with Gasteiger partial charge in [0.1, 0.15) is 0 Å². The van der Waals surface area contributed by atoms with Gasteiger partial charge in [-0.25, -0.2) is 17.8 Å². The molecule has 3 rings (SSSR count). The highest BCUT2D eigenvalue weighted by Gasteiger charge is 2.14. The standard InChI is InChI=1S/C13H11ClN4O2S2/c14-10-1-3-13(4-2-10)22(19,20)15-7-11-8-18(17-16-11)12-5-6-21-9-12/h1-6,8-9,15H,7H2. The highest BCUT2D eigenvalue weighted by molar-refractivity contribution is 7.89. The summed E-state index contributed by atoms with van der Waals surface area (Å²) in [4.78, 5) is 0.155. The first-order valence-electron chi connectivity index (χ1n) is 6.24. The molecule has 22 heavy (non-hydrogen) atoms. The van der Waals surface area contributed by atoms with Crippen LogP contribution in [0.2, 0.25) is 5.02 Å². The van der Waals surface area contributed by atoms with Gasteiger partial charge in [-0.1, -0.05) is 16.8 Å². The van der Waals surface area contributed by atoms with Crippen molar-refractivity contribution in [3.8, 4) is 5.69 Å². The van der Waals surface area contributed by atoms with Crippen LogP contribution in [0.5, 0.6) is 0 Å². The van der Waals surface area contributed by atoms with Gasteiger partial charge in [0.05, 0.1) is 29.0 Å². The van der Waals surface area contributed by atoms with Gasteiger partial charge in [-0.3, -0.25) is 0 Å². The Kier molecular flexibility index (Phi) is 4.25. The van der Waals surface area contributed by atoms with Gasteiger partial charge in [-0.2, -0.15) is 11.3 Å². The van der Waals surface area contributed by atoms with E-state index in [0.717, 1.165) is 5.69 Å². The van der Waals surface area contributed by atoms with Crippen LogP contribution in [0, 0.1) is 0 Å². The third kappa shape index (κ3) is 3.36. The number of nitrogens with zero attached hydrogens (tertiary/aromatic N) is 3. The Balaban J connectivity index is 1.71. The highest BCUT2D eigenvalue weighted by Crippen LogP contribution is 2.14. The fraction of sp³-hybridized carbons (Fsp3) is 0.0769. The zero-order valence-corrected chi connectivity index (χ0v) is 13.6. The fourth-order valence-corrected chi connectivity index (χ4v) is 3.51. The van der Waals surface area contributed by atoms with E-state index in [4.69, 9.17) is 11.6 Å². The van der Waals surface area contributed by atoms with E-state index in [1.807, 2.05) is 16.8 Å². The second-order valence-electron chi connectivity index (χ2n) is 4.41. The minimum atomic E-state index is -3.60. The Hall–Kier alpha value is -1.74. The molecule has 0 fully saturated rings. The van der Waals surface area contributed by atoms with E-state index in [1.165, 1.54) is 24.3 Å². The molecule has 0 aliphatic carbocycles. The summed E-state index contributed by atoms with van der Waals surface area (Å²) in [6.07, 6.45) is 1.69. The van der Waals surface area contributed by atoms with E-state index in [0.29, 0.717) is 10.7 Å². The van der Waals surface area contributed by atoms with Gasteiger partial charge in [-0.05, 0) is 35.7 Å². The molecular weight excluding hydrogens is 344 g/mol. The summed E-state index contributed by atoms with van der Waals surface area (Å²) in [5, 5.41) is 12.3. The van der Waals surface area contributed by atoms with Gasteiger partial charge < -0.3 is 0 Å². The molecule has 0 aliphatic rings. The summed E-state index contributed by atoms with van der Waals surface area (Å²) in [7, 11) is -3.60. The van der Waals surface area contributed by atoms with Crippen LogP contribution in [0.1, 0.15) is 5.69 Å². The first-order valence-corrected chi connectivity index (χ1v) is 9.04. The third-order valence-electron chi connectivity index (χ3n) is 2.88. The average Bonchev–Trinajstić information content (AvgIpc) is 3.17. The Morgan fingerprint density at radius 2 is 2.00 bits per heavy atom. The maximum atomic E-state index is 12.1. The maximum absolute atomic E-state index is 12.1. The molecule has 6 nitrogen and oxygen atoms in total. The average molecular weight is 355 g/mol.